The molecule has 20 heavy (non-hydrogen) atoms. The number of hydrogen-bond donors (Lipinski definition) is 0. The van der Waals surface area contributed by atoms with Gasteiger partial charge >= 0.3 is 5.88 Å². The van der Waals surface area contributed by atoms with E-state index in [2.05, 4.69) is 0 Å². The maximum atomic E-state index is 12.2. The van der Waals surface area contributed by atoms with Crippen LogP contribution in [0.5, 0.6) is 11.5 Å². The lowest BCUT2D eigenvalue weighted by Crippen LogP contribution is -2.15. The van der Waals surface area contributed by atoms with Crippen LogP contribution in [-0.2, 0) is 0 Å². The SMILES string of the molecule is O=C(c1ccc2c(c1)OCCO2)c1ccc([N+](=O)[O-])o1. The lowest BCUT2D eigenvalue weighted by Gasteiger charge is -2.18. The summed E-state index contributed by atoms with van der Waals surface area (Å²) in [6.07, 6.45) is 0. The van der Waals surface area contributed by atoms with Crippen LogP contribution >= 0.6 is 0 Å². The van der Waals surface area contributed by atoms with Crippen molar-refractivity contribution in [3.63, 3.8) is 0 Å². The Bertz CT molecular complexity index is 690. The maximum absolute atomic E-state index is 12.2. The molecule has 0 bridgehead atoms. The molecule has 0 unspecified atom stereocenters. The molecule has 0 N–H and O–H groups in total. The Kier molecular flexibility index (Phi) is 2.86. The van der Waals surface area contributed by atoms with Crippen molar-refractivity contribution in [1.82, 2.24) is 0 Å². The number of fused-ring (bicyclic) bond motifs is 1. The van der Waals surface area contributed by atoms with Gasteiger partial charge in [-0.3, -0.25) is 14.9 Å². The van der Waals surface area contributed by atoms with Crippen LogP contribution in [0.25, 0.3) is 0 Å². The molecule has 102 valence electrons. The molecule has 7 heteroatoms. The monoisotopic (exact) mass is 275 g/mol. The molecule has 1 aliphatic heterocycles. The summed E-state index contributed by atoms with van der Waals surface area (Å²) in [5.74, 6) is 0.0377. The minimum Gasteiger partial charge on any atom is -0.486 e. The van der Waals surface area contributed by atoms with E-state index in [-0.39, 0.29) is 5.76 Å². The Morgan fingerprint density at radius 1 is 1.10 bits per heavy atom. The first-order valence-electron chi connectivity index (χ1n) is 5.84. The van der Waals surface area contributed by atoms with Gasteiger partial charge in [0.05, 0.1) is 6.07 Å². The highest BCUT2D eigenvalue weighted by Gasteiger charge is 2.21. The van der Waals surface area contributed by atoms with Gasteiger partial charge in [-0.2, -0.15) is 0 Å². The van der Waals surface area contributed by atoms with Crippen LogP contribution < -0.4 is 9.47 Å². The predicted octanol–water partition coefficient (Wildman–Crippen LogP) is 2.19. The number of ether oxygens (including phenoxy) is 2. The average Bonchev–Trinajstić information content (AvgIpc) is 2.96. The summed E-state index contributed by atoms with van der Waals surface area (Å²) in [5.41, 5.74) is 0.318. The zero-order chi connectivity index (χ0) is 14.1. The molecule has 0 spiro atoms. The van der Waals surface area contributed by atoms with Crippen LogP contribution in [0.15, 0.2) is 34.7 Å². The number of rotatable bonds is 3. The van der Waals surface area contributed by atoms with Crippen molar-refractivity contribution >= 4 is 11.7 Å². The second kappa shape index (κ2) is 4.69. The van der Waals surface area contributed by atoms with E-state index >= 15 is 0 Å². The van der Waals surface area contributed by atoms with Crippen molar-refractivity contribution in [3.8, 4) is 11.5 Å². The van der Waals surface area contributed by atoms with Crippen LogP contribution in [0.1, 0.15) is 16.1 Å². The zero-order valence-electron chi connectivity index (χ0n) is 10.2. The molecule has 2 heterocycles. The van der Waals surface area contributed by atoms with Crippen LogP contribution in [0, 0.1) is 10.1 Å². The minimum absolute atomic E-state index is 0.0895. The van der Waals surface area contributed by atoms with E-state index in [9.17, 15) is 14.9 Å². The van der Waals surface area contributed by atoms with Crippen LogP contribution in [0.4, 0.5) is 5.88 Å². The Balaban J connectivity index is 1.91. The van der Waals surface area contributed by atoms with E-state index in [4.69, 9.17) is 13.9 Å². The van der Waals surface area contributed by atoms with Gasteiger partial charge in [-0.15, -0.1) is 0 Å². The Morgan fingerprint density at radius 2 is 1.85 bits per heavy atom. The zero-order valence-corrected chi connectivity index (χ0v) is 10.2. The Morgan fingerprint density at radius 3 is 2.55 bits per heavy atom. The van der Waals surface area contributed by atoms with Crippen LogP contribution in [0.3, 0.4) is 0 Å². The molecule has 0 saturated carbocycles. The molecular weight excluding hydrogens is 266 g/mol. The van der Waals surface area contributed by atoms with Crippen molar-refractivity contribution in [2.75, 3.05) is 13.2 Å². The number of ketones is 1. The summed E-state index contributed by atoms with van der Waals surface area (Å²) >= 11 is 0. The molecule has 1 aliphatic rings. The van der Waals surface area contributed by atoms with Gasteiger partial charge < -0.3 is 13.9 Å². The number of benzene rings is 1. The number of furan rings is 1. The highest BCUT2D eigenvalue weighted by atomic mass is 16.6. The Hall–Kier alpha value is -2.83. The molecule has 2 aromatic rings. The van der Waals surface area contributed by atoms with E-state index in [0.29, 0.717) is 30.3 Å². The van der Waals surface area contributed by atoms with E-state index in [1.165, 1.54) is 12.1 Å². The number of carbonyl (C=O) groups is 1. The van der Waals surface area contributed by atoms with Crippen LogP contribution in [0.2, 0.25) is 0 Å². The van der Waals surface area contributed by atoms with Crippen molar-refractivity contribution < 1.29 is 23.6 Å². The number of carbonyl (C=O) groups excluding carboxylic acids is 1. The summed E-state index contributed by atoms with van der Waals surface area (Å²) < 4.78 is 15.6. The summed E-state index contributed by atoms with van der Waals surface area (Å²) in [6.45, 7) is 0.877. The summed E-state index contributed by atoms with van der Waals surface area (Å²) in [7, 11) is 0. The molecule has 3 rings (SSSR count). The molecule has 1 aromatic carbocycles. The lowest BCUT2D eigenvalue weighted by atomic mass is 10.1. The Labute approximate surface area is 112 Å². The quantitative estimate of drug-likeness (QED) is 0.484. The average molecular weight is 275 g/mol. The molecular formula is C13H9NO6. The standard InChI is InChI=1S/C13H9NO6/c15-13(10-3-4-12(20-10)14(16)17)8-1-2-9-11(7-8)19-6-5-18-9/h1-4,7H,5-6H2. The third-order valence-corrected chi connectivity index (χ3v) is 2.80. The predicted molar refractivity (Wildman–Crippen MR) is 66.2 cm³/mol. The third-order valence-electron chi connectivity index (χ3n) is 2.80. The van der Waals surface area contributed by atoms with Crippen molar-refractivity contribution in [3.05, 3.63) is 51.8 Å². The molecule has 0 aliphatic carbocycles. The number of nitro groups is 1. The van der Waals surface area contributed by atoms with Crippen molar-refractivity contribution in [2.24, 2.45) is 0 Å². The largest absolute Gasteiger partial charge is 0.486 e. The van der Waals surface area contributed by atoms with Gasteiger partial charge in [0.15, 0.2) is 17.3 Å². The van der Waals surface area contributed by atoms with E-state index in [0.717, 1.165) is 6.07 Å². The minimum atomic E-state index is -0.694. The molecule has 0 radical (unpaired) electrons. The van der Waals surface area contributed by atoms with Gasteiger partial charge in [0.2, 0.25) is 5.78 Å². The second-order valence-corrected chi connectivity index (χ2v) is 4.08. The summed E-state index contributed by atoms with van der Waals surface area (Å²) in [5, 5.41) is 10.5. The van der Waals surface area contributed by atoms with Gasteiger partial charge in [0, 0.05) is 5.56 Å². The molecule has 7 nitrogen and oxygen atoms in total. The first kappa shape index (κ1) is 12.2. The summed E-state index contributed by atoms with van der Waals surface area (Å²) in [4.78, 5) is 22.0. The second-order valence-electron chi connectivity index (χ2n) is 4.08. The first-order chi connectivity index (χ1) is 9.65. The maximum Gasteiger partial charge on any atom is 0.433 e. The highest BCUT2D eigenvalue weighted by Crippen LogP contribution is 2.31. The van der Waals surface area contributed by atoms with Crippen LogP contribution in [-0.4, -0.2) is 23.9 Å². The topological polar surface area (TPSA) is 91.8 Å². The van der Waals surface area contributed by atoms with E-state index in [1.807, 2.05) is 0 Å². The fourth-order valence-electron chi connectivity index (χ4n) is 1.87. The fourth-order valence-corrected chi connectivity index (χ4v) is 1.87. The van der Waals surface area contributed by atoms with Gasteiger partial charge in [0.25, 0.3) is 0 Å². The van der Waals surface area contributed by atoms with Crippen molar-refractivity contribution in [1.29, 1.82) is 0 Å². The molecule has 0 saturated heterocycles. The smallest absolute Gasteiger partial charge is 0.433 e. The normalized spacial score (nSPS) is 13.0. The number of nitrogens with zero attached hydrogens (tertiary/aromatic N) is 1. The first-order valence-corrected chi connectivity index (χ1v) is 5.84. The molecule has 0 amide bonds. The molecule has 0 atom stereocenters. The summed E-state index contributed by atoms with van der Waals surface area (Å²) in [6, 6.07) is 7.14. The fraction of sp³-hybridized carbons (Fsp3) is 0.154. The number of hydrogen-bond acceptors (Lipinski definition) is 6. The lowest BCUT2D eigenvalue weighted by molar-refractivity contribution is -0.402. The molecule has 1 aromatic heterocycles. The van der Waals surface area contributed by atoms with Gasteiger partial charge in [-0.05, 0) is 24.3 Å². The third kappa shape index (κ3) is 2.09. The van der Waals surface area contributed by atoms with Gasteiger partial charge in [-0.1, -0.05) is 0 Å². The van der Waals surface area contributed by atoms with Gasteiger partial charge in [0.1, 0.15) is 18.1 Å². The van der Waals surface area contributed by atoms with E-state index in [1.54, 1.807) is 12.1 Å². The van der Waals surface area contributed by atoms with Crippen molar-refractivity contribution in [2.45, 2.75) is 0 Å². The van der Waals surface area contributed by atoms with E-state index < -0.39 is 16.6 Å². The van der Waals surface area contributed by atoms with Gasteiger partial charge in [-0.25, -0.2) is 0 Å². The highest BCUT2D eigenvalue weighted by molar-refractivity contribution is 6.07. The molecule has 0 fully saturated rings.